The van der Waals surface area contributed by atoms with E-state index in [1.54, 1.807) is 12.0 Å². The maximum atomic E-state index is 12.2. The molecule has 1 aliphatic heterocycles. The summed E-state index contributed by atoms with van der Waals surface area (Å²) in [5.41, 5.74) is 2.18. The molecule has 0 bridgehead atoms. The summed E-state index contributed by atoms with van der Waals surface area (Å²) in [7, 11) is 1.59. The van der Waals surface area contributed by atoms with Gasteiger partial charge in [0.15, 0.2) is 6.61 Å². The highest BCUT2D eigenvalue weighted by Crippen LogP contribution is 2.20. The minimum atomic E-state index is -0.136. The second-order valence-electron chi connectivity index (χ2n) is 6.75. The summed E-state index contributed by atoms with van der Waals surface area (Å²) in [5.74, 6) is 0.580. The van der Waals surface area contributed by atoms with Crippen molar-refractivity contribution in [2.24, 2.45) is 0 Å². The summed E-state index contributed by atoms with van der Waals surface area (Å²) in [6, 6.07) is 5.87. The van der Waals surface area contributed by atoms with E-state index in [1.165, 1.54) is 0 Å². The van der Waals surface area contributed by atoms with Gasteiger partial charge in [-0.1, -0.05) is 12.1 Å². The van der Waals surface area contributed by atoms with Gasteiger partial charge in [-0.25, -0.2) is 0 Å². The van der Waals surface area contributed by atoms with Crippen molar-refractivity contribution in [3.8, 4) is 5.75 Å². The third kappa shape index (κ3) is 6.84. The van der Waals surface area contributed by atoms with Gasteiger partial charge in [-0.05, 0) is 43.9 Å². The largest absolute Gasteiger partial charge is 0.483 e. The summed E-state index contributed by atoms with van der Waals surface area (Å²) >= 11 is 0. The van der Waals surface area contributed by atoms with Crippen LogP contribution in [0.1, 0.15) is 24.0 Å². The van der Waals surface area contributed by atoms with E-state index in [9.17, 15) is 9.59 Å². The molecule has 150 valence electrons. The van der Waals surface area contributed by atoms with Crippen LogP contribution in [-0.2, 0) is 19.1 Å². The molecule has 1 saturated heterocycles. The lowest BCUT2D eigenvalue weighted by Crippen LogP contribution is -2.48. The van der Waals surface area contributed by atoms with Gasteiger partial charge >= 0.3 is 0 Å². The molecule has 2 amide bonds. The van der Waals surface area contributed by atoms with Crippen LogP contribution in [0.4, 0.5) is 0 Å². The minimum Gasteiger partial charge on any atom is -0.483 e. The molecule has 1 heterocycles. The van der Waals surface area contributed by atoms with Crippen molar-refractivity contribution in [3.63, 3.8) is 0 Å². The van der Waals surface area contributed by atoms with Gasteiger partial charge in [0.25, 0.3) is 5.91 Å². The average Bonchev–Trinajstić information content (AvgIpc) is 2.67. The fourth-order valence-corrected chi connectivity index (χ4v) is 2.96. The Morgan fingerprint density at radius 1 is 1.15 bits per heavy atom. The number of carbonyl (C=O) groups is 2. The van der Waals surface area contributed by atoms with Gasteiger partial charge < -0.3 is 24.4 Å². The van der Waals surface area contributed by atoms with Gasteiger partial charge in [-0.15, -0.1) is 0 Å². The SMILES string of the molecule is COCCOCC(=O)N1CCC(NC(=O)COc2cccc(C)c2C)CC1. The van der Waals surface area contributed by atoms with E-state index in [-0.39, 0.29) is 31.1 Å². The van der Waals surface area contributed by atoms with Crippen molar-refractivity contribution in [3.05, 3.63) is 29.3 Å². The van der Waals surface area contributed by atoms with E-state index in [4.69, 9.17) is 14.2 Å². The summed E-state index contributed by atoms with van der Waals surface area (Å²) in [6.07, 6.45) is 1.47. The van der Waals surface area contributed by atoms with Crippen LogP contribution >= 0.6 is 0 Å². The number of likely N-dealkylation sites (tertiary alicyclic amines) is 1. The number of nitrogens with zero attached hydrogens (tertiary/aromatic N) is 1. The monoisotopic (exact) mass is 378 g/mol. The number of carbonyl (C=O) groups excluding carboxylic acids is 2. The Labute approximate surface area is 161 Å². The third-order valence-electron chi connectivity index (χ3n) is 4.78. The first kappa shape index (κ1) is 21.2. The van der Waals surface area contributed by atoms with Crippen LogP contribution in [0.5, 0.6) is 5.75 Å². The lowest BCUT2D eigenvalue weighted by molar-refractivity contribution is -0.137. The number of piperidine rings is 1. The standard InChI is InChI=1S/C20H30N2O5/c1-15-5-4-6-18(16(15)2)27-13-19(23)21-17-7-9-22(10-8-17)20(24)14-26-12-11-25-3/h4-6,17H,7-14H2,1-3H3,(H,21,23). The van der Waals surface area contributed by atoms with Crippen LogP contribution in [0.3, 0.4) is 0 Å². The Morgan fingerprint density at radius 3 is 2.59 bits per heavy atom. The highest BCUT2D eigenvalue weighted by Gasteiger charge is 2.24. The molecule has 1 fully saturated rings. The highest BCUT2D eigenvalue weighted by molar-refractivity contribution is 5.78. The first-order valence-corrected chi connectivity index (χ1v) is 9.34. The van der Waals surface area contributed by atoms with Crippen LogP contribution < -0.4 is 10.1 Å². The second-order valence-corrected chi connectivity index (χ2v) is 6.75. The predicted molar refractivity (Wildman–Crippen MR) is 102 cm³/mol. The number of methoxy groups -OCH3 is 1. The number of ether oxygens (including phenoxy) is 3. The van der Waals surface area contributed by atoms with Crippen molar-refractivity contribution in [1.82, 2.24) is 10.2 Å². The molecule has 7 heteroatoms. The zero-order chi connectivity index (χ0) is 19.6. The average molecular weight is 378 g/mol. The Balaban J connectivity index is 1.67. The smallest absolute Gasteiger partial charge is 0.258 e. The Bertz CT molecular complexity index is 627. The molecule has 0 spiro atoms. The molecule has 7 nitrogen and oxygen atoms in total. The van der Waals surface area contributed by atoms with Crippen LogP contribution in [0.2, 0.25) is 0 Å². The molecule has 0 aromatic heterocycles. The quantitative estimate of drug-likeness (QED) is 0.658. The lowest BCUT2D eigenvalue weighted by Gasteiger charge is -2.32. The molecule has 0 radical (unpaired) electrons. The van der Waals surface area contributed by atoms with Crippen molar-refractivity contribution in [1.29, 1.82) is 0 Å². The molecule has 1 aliphatic rings. The predicted octanol–water partition coefficient (Wildman–Crippen LogP) is 1.45. The molecular formula is C20H30N2O5. The molecule has 2 rings (SSSR count). The van der Waals surface area contributed by atoms with Gasteiger partial charge in [0.05, 0.1) is 13.2 Å². The fraction of sp³-hybridized carbons (Fsp3) is 0.600. The second kappa shape index (κ2) is 10.9. The first-order valence-electron chi connectivity index (χ1n) is 9.34. The highest BCUT2D eigenvalue weighted by atomic mass is 16.5. The molecular weight excluding hydrogens is 348 g/mol. The Kier molecular flexibility index (Phi) is 8.54. The van der Waals surface area contributed by atoms with Gasteiger partial charge in [-0.3, -0.25) is 9.59 Å². The molecule has 0 atom stereocenters. The van der Waals surface area contributed by atoms with E-state index >= 15 is 0 Å². The summed E-state index contributed by atoms with van der Waals surface area (Å²) in [4.78, 5) is 26.0. The molecule has 27 heavy (non-hydrogen) atoms. The Hall–Kier alpha value is -2.12. The topological polar surface area (TPSA) is 77.1 Å². The number of amides is 2. The molecule has 0 saturated carbocycles. The summed E-state index contributed by atoms with van der Waals surface area (Å²) in [6.45, 7) is 6.19. The minimum absolute atomic E-state index is 0.00320. The van der Waals surface area contributed by atoms with Gasteiger partial charge in [-0.2, -0.15) is 0 Å². The number of rotatable bonds is 9. The molecule has 0 unspecified atom stereocenters. The number of hydrogen-bond acceptors (Lipinski definition) is 5. The van der Waals surface area contributed by atoms with Crippen molar-refractivity contribution < 1.29 is 23.8 Å². The molecule has 0 aliphatic carbocycles. The number of benzene rings is 1. The van der Waals surface area contributed by atoms with E-state index in [0.717, 1.165) is 29.7 Å². The number of aryl methyl sites for hydroxylation is 1. The summed E-state index contributed by atoms with van der Waals surface area (Å²) in [5, 5.41) is 2.99. The maximum absolute atomic E-state index is 12.2. The Morgan fingerprint density at radius 2 is 1.89 bits per heavy atom. The maximum Gasteiger partial charge on any atom is 0.258 e. The lowest BCUT2D eigenvalue weighted by atomic mass is 10.1. The van der Waals surface area contributed by atoms with Crippen molar-refractivity contribution in [2.75, 3.05) is 46.6 Å². The van der Waals surface area contributed by atoms with Gasteiger partial charge in [0, 0.05) is 26.2 Å². The van der Waals surface area contributed by atoms with Crippen LogP contribution in [0, 0.1) is 13.8 Å². The first-order chi connectivity index (χ1) is 13.0. The van der Waals surface area contributed by atoms with Crippen LogP contribution in [0.25, 0.3) is 0 Å². The fourth-order valence-electron chi connectivity index (χ4n) is 2.96. The van der Waals surface area contributed by atoms with Crippen molar-refractivity contribution >= 4 is 11.8 Å². The third-order valence-corrected chi connectivity index (χ3v) is 4.78. The molecule has 1 N–H and O–H groups in total. The zero-order valence-corrected chi connectivity index (χ0v) is 16.5. The molecule has 1 aromatic carbocycles. The number of nitrogens with one attached hydrogen (secondary N) is 1. The number of hydrogen-bond donors (Lipinski definition) is 1. The molecule has 1 aromatic rings. The van der Waals surface area contributed by atoms with E-state index in [2.05, 4.69) is 5.32 Å². The normalized spacial score (nSPS) is 14.9. The van der Waals surface area contributed by atoms with Crippen LogP contribution in [-0.4, -0.2) is 69.4 Å². The van der Waals surface area contributed by atoms with Crippen molar-refractivity contribution in [2.45, 2.75) is 32.7 Å². The zero-order valence-electron chi connectivity index (χ0n) is 16.5. The van der Waals surface area contributed by atoms with E-state index < -0.39 is 0 Å². The van der Waals surface area contributed by atoms with Gasteiger partial charge in [0.1, 0.15) is 12.4 Å². The van der Waals surface area contributed by atoms with E-state index in [0.29, 0.717) is 26.3 Å². The van der Waals surface area contributed by atoms with E-state index in [1.807, 2.05) is 32.0 Å². The van der Waals surface area contributed by atoms with Crippen LogP contribution in [0.15, 0.2) is 18.2 Å². The van der Waals surface area contributed by atoms with Gasteiger partial charge in [0.2, 0.25) is 5.91 Å². The summed E-state index contributed by atoms with van der Waals surface area (Å²) < 4.78 is 15.8.